The van der Waals surface area contributed by atoms with Crippen molar-refractivity contribution in [2.24, 2.45) is 0 Å². The molecular formula is C14H11ClN2. The van der Waals surface area contributed by atoms with Crippen molar-refractivity contribution >= 4 is 11.6 Å². The van der Waals surface area contributed by atoms with Crippen molar-refractivity contribution in [1.82, 2.24) is 4.98 Å². The molecule has 0 N–H and O–H groups in total. The molecule has 0 saturated carbocycles. The van der Waals surface area contributed by atoms with E-state index in [0.29, 0.717) is 11.4 Å². The minimum absolute atomic E-state index is 0.156. The lowest BCUT2D eigenvalue weighted by molar-refractivity contribution is 0.844. The second-order valence-electron chi connectivity index (χ2n) is 3.80. The quantitative estimate of drug-likeness (QED) is 0.825. The van der Waals surface area contributed by atoms with Gasteiger partial charge in [-0.05, 0) is 35.7 Å². The summed E-state index contributed by atoms with van der Waals surface area (Å²) in [5.41, 5.74) is 2.05. The summed E-state index contributed by atoms with van der Waals surface area (Å²) in [6.45, 7) is 0. The first kappa shape index (κ1) is 11.6. The summed E-state index contributed by atoms with van der Waals surface area (Å²) in [4.78, 5) is 4.05. The molecule has 17 heavy (non-hydrogen) atoms. The Morgan fingerprint density at radius 2 is 2.00 bits per heavy atom. The van der Waals surface area contributed by atoms with Crippen molar-refractivity contribution in [3.8, 4) is 6.07 Å². The van der Waals surface area contributed by atoms with E-state index in [0.717, 1.165) is 11.1 Å². The molecule has 1 heterocycles. The summed E-state index contributed by atoms with van der Waals surface area (Å²) in [6, 6.07) is 13.6. The maximum Gasteiger partial charge on any atom is 0.0753 e. The lowest BCUT2D eigenvalue weighted by atomic mass is 9.94. The van der Waals surface area contributed by atoms with Crippen LogP contribution in [-0.2, 0) is 6.42 Å². The van der Waals surface area contributed by atoms with Gasteiger partial charge in [-0.2, -0.15) is 5.26 Å². The minimum atomic E-state index is -0.156. The highest BCUT2D eigenvalue weighted by Crippen LogP contribution is 2.21. The Morgan fingerprint density at radius 1 is 1.24 bits per heavy atom. The van der Waals surface area contributed by atoms with E-state index in [2.05, 4.69) is 11.1 Å². The van der Waals surface area contributed by atoms with Gasteiger partial charge in [-0.3, -0.25) is 4.98 Å². The first-order chi connectivity index (χ1) is 8.29. The SMILES string of the molecule is N#CC(Cc1cccnc1)c1ccc(Cl)cc1. The maximum atomic E-state index is 9.21. The van der Waals surface area contributed by atoms with Crippen LogP contribution in [0.4, 0.5) is 0 Å². The molecule has 1 unspecified atom stereocenters. The molecule has 2 nitrogen and oxygen atoms in total. The molecule has 0 bridgehead atoms. The van der Waals surface area contributed by atoms with Gasteiger partial charge in [-0.25, -0.2) is 0 Å². The molecule has 0 aliphatic heterocycles. The molecule has 84 valence electrons. The molecule has 2 rings (SSSR count). The van der Waals surface area contributed by atoms with Crippen LogP contribution in [0.1, 0.15) is 17.0 Å². The minimum Gasteiger partial charge on any atom is -0.264 e. The van der Waals surface area contributed by atoms with Crippen LogP contribution in [0, 0.1) is 11.3 Å². The average Bonchev–Trinajstić information content (AvgIpc) is 2.38. The summed E-state index contributed by atoms with van der Waals surface area (Å²) < 4.78 is 0. The predicted octanol–water partition coefficient (Wildman–Crippen LogP) is 3.58. The molecule has 0 fully saturated rings. The Labute approximate surface area is 105 Å². The zero-order chi connectivity index (χ0) is 12.1. The van der Waals surface area contributed by atoms with Crippen molar-refractivity contribution in [2.45, 2.75) is 12.3 Å². The third-order valence-electron chi connectivity index (χ3n) is 2.59. The zero-order valence-electron chi connectivity index (χ0n) is 9.18. The highest BCUT2D eigenvalue weighted by Gasteiger charge is 2.11. The van der Waals surface area contributed by atoms with Crippen molar-refractivity contribution in [3.63, 3.8) is 0 Å². The summed E-state index contributed by atoms with van der Waals surface area (Å²) in [5.74, 6) is -0.156. The van der Waals surface area contributed by atoms with Gasteiger partial charge in [0.1, 0.15) is 0 Å². The predicted molar refractivity (Wildman–Crippen MR) is 67.7 cm³/mol. The average molecular weight is 243 g/mol. The first-order valence-electron chi connectivity index (χ1n) is 5.33. The van der Waals surface area contributed by atoms with Gasteiger partial charge in [0, 0.05) is 17.4 Å². The summed E-state index contributed by atoms with van der Waals surface area (Å²) in [7, 11) is 0. The topological polar surface area (TPSA) is 36.7 Å². The van der Waals surface area contributed by atoms with Crippen molar-refractivity contribution in [3.05, 3.63) is 64.9 Å². The number of hydrogen-bond acceptors (Lipinski definition) is 2. The fraction of sp³-hybridized carbons (Fsp3) is 0.143. The van der Waals surface area contributed by atoms with E-state index in [4.69, 9.17) is 11.6 Å². The van der Waals surface area contributed by atoms with Crippen LogP contribution < -0.4 is 0 Å². The normalized spacial score (nSPS) is 11.8. The lowest BCUT2D eigenvalue weighted by Gasteiger charge is -2.09. The van der Waals surface area contributed by atoms with E-state index in [1.54, 1.807) is 12.4 Å². The van der Waals surface area contributed by atoms with Crippen LogP contribution in [0.25, 0.3) is 0 Å². The number of benzene rings is 1. The van der Waals surface area contributed by atoms with Gasteiger partial charge in [-0.15, -0.1) is 0 Å². The lowest BCUT2D eigenvalue weighted by Crippen LogP contribution is -2.00. The van der Waals surface area contributed by atoms with Crippen molar-refractivity contribution < 1.29 is 0 Å². The van der Waals surface area contributed by atoms with Gasteiger partial charge in [0.2, 0.25) is 0 Å². The second-order valence-corrected chi connectivity index (χ2v) is 4.24. The van der Waals surface area contributed by atoms with E-state index >= 15 is 0 Å². The number of aromatic nitrogens is 1. The van der Waals surface area contributed by atoms with E-state index in [1.165, 1.54) is 0 Å². The third kappa shape index (κ3) is 3.05. The Bertz CT molecular complexity index is 514. The van der Waals surface area contributed by atoms with Crippen LogP contribution in [-0.4, -0.2) is 4.98 Å². The molecule has 0 amide bonds. The number of rotatable bonds is 3. The van der Waals surface area contributed by atoms with Crippen LogP contribution in [0.5, 0.6) is 0 Å². The molecule has 2 aromatic rings. The maximum absolute atomic E-state index is 9.21. The van der Waals surface area contributed by atoms with Gasteiger partial charge in [0.15, 0.2) is 0 Å². The Kier molecular flexibility index (Phi) is 3.74. The number of nitriles is 1. The van der Waals surface area contributed by atoms with E-state index in [-0.39, 0.29) is 5.92 Å². The monoisotopic (exact) mass is 242 g/mol. The molecule has 1 atom stereocenters. The van der Waals surface area contributed by atoms with Gasteiger partial charge in [0.05, 0.1) is 12.0 Å². The van der Waals surface area contributed by atoms with Crippen LogP contribution >= 0.6 is 11.6 Å². The van der Waals surface area contributed by atoms with Gasteiger partial charge >= 0.3 is 0 Å². The second kappa shape index (κ2) is 5.47. The first-order valence-corrected chi connectivity index (χ1v) is 5.71. The number of halogens is 1. The fourth-order valence-electron chi connectivity index (χ4n) is 1.69. The van der Waals surface area contributed by atoms with Crippen molar-refractivity contribution in [2.75, 3.05) is 0 Å². The highest BCUT2D eigenvalue weighted by molar-refractivity contribution is 6.30. The number of nitrogens with zero attached hydrogens (tertiary/aromatic N) is 2. The third-order valence-corrected chi connectivity index (χ3v) is 2.84. The summed E-state index contributed by atoms with van der Waals surface area (Å²) in [6.07, 6.45) is 4.19. The smallest absolute Gasteiger partial charge is 0.0753 e. The van der Waals surface area contributed by atoms with Gasteiger partial charge < -0.3 is 0 Å². The molecule has 0 saturated heterocycles. The van der Waals surface area contributed by atoms with Crippen LogP contribution in [0.2, 0.25) is 5.02 Å². The van der Waals surface area contributed by atoms with E-state index in [1.807, 2.05) is 36.4 Å². The van der Waals surface area contributed by atoms with E-state index < -0.39 is 0 Å². The molecule has 0 aliphatic carbocycles. The molecule has 0 aliphatic rings. The molecular weight excluding hydrogens is 232 g/mol. The largest absolute Gasteiger partial charge is 0.264 e. The van der Waals surface area contributed by atoms with Crippen molar-refractivity contribution in [1.29, 1.82) is 5.26 Å². The Morgan fingerprint density at radius 3 is 2.59 bits per heavy atom. The van der Waals surface area contributed by atoms with E-state index in [9.17, 15) is 5.26 Å². The van der Waals surface area contributed by atoms with Crippen LogP contribution in [0.15, 0.2) is 48.8 Å². The molecule has 1 aromatic carbocycles. The van der Waals surface area contributed by atoms with Gasteiger partial charge in [0.25, 0.3) is 0 Å². The number of hydrogen-bond donors (Lipinski definition) is 0. The standard InChI is InChI=1S/C14H11ClN2/c15-14-5-3-12(4-6-14)13(9-16)8-11-2-1-7-17-10-11/h1-7,10,13H,8H2. The zero-order valence-corrected chi connectivity index (χ0v) is 9.93. The fourth-order valence-corrected chi connectivity index (χ4v) is 1.81. The van der Waals surface area contributed by atoms with Crippen LogP contribution in [0.3, 0.4) is 0 Å². The molecule has 1 aromatic heterocycles. The highest BCUT2D eigenvalue weighted by atomic mass is 35.5. The molecule has 3 heteroatoms. The Balaban J connectivity index is 2.18. The summed E-state index contributed by atoms with van der Waals surface area (Å²) in [5, 5.41) is 9.89. The molecule has 0 radical (unpaired) electrons. The molecule has 0 spiro atoms. The number of pyridine rings is 1. The Hall–Kier alpha value is -1.85. The van der Waals surface area contributed by atoms with Gasteiger partial charge in [-0.1, -0.05) is 29.8 Å². The summed E-state index contributed by atoms with van der Waals surface area (Å²) >= 11 is 5.83.